The highest BCUT2D eigenvalue weighted by Crippen LogP contribution is 2.29. The number of aryl methyl sites for hydroxylation is 1. The van der Waals surface area contributed by atoms with Crippen molar-refractivity contribution >= 4 is 5.97 Å². The lowest BCUT2D eigenvalue weighted by Gasteiger charge is -2.14. The highest BCUT2D eigenvalue weighted by molar-refractivity contribution is 5.69. The highest BCUT2D eigenvalue weighted by Gasteiger charge is 2.09. The normalized spacial score (nSPS) is 11.9. The van der Waals surface area contributed by atoms with Gasteiger partial charge in [0, 0.05) is 33.7 Å². The van der Waals surface area contributed by atoms with Crippen molar-refractivity contribution in [2.45, 2.75) is 135 Å². The van der Waals surface area contributed by atoms with Gasteiger partial charge in [0.25, 0.3) is 0 Å². The summed E-state index contributed by atoms with van der Waals surface area (Å²) >= 11 is 0. The van der Waals surface area contributed by atoms with E-state index in [9.17, 15) is 10.1 Å². The van der Waals surface area contributed by atoms with Gasteiger partial charge in [-0.15, -0.1) is 0 Å². The Kier molecular flexibility index (Phi) is 37.2. The molecule has 1 aromatic carbocycles. The molecule has 0 saturated carbocycles. The topological polar surface area (TPSA) is 130 Å². The van der Waals surface area contributed by atoms with Crippen molar-refractivity contribution in [1.29, 1.82) is 0 Å². The molecular formula is C43H78O12. The fraction of sp³-hybridized carbons (Fsp3) is 0.837. The number of ether oxygens (including phenoxy) is 9. The van der Waals surface area contributed by atoms with Gasteiger partial charge in [0.2, 0.25) is 0 Å². The van der Waals surface area contributed by atoms with E-state index in [1.807, 2.05) is 6.07 Å². The molecule has 0 aromatic heterocycles. The number of rotatable bonds is 43. The molecule has 0 bridgehead atoms. The molecule has 1 N–H and O–H groups in total. The number of methoxy groups -OCH3 is 2. The molecule has 0 heterocycles. The van der Waals surface area contributed by atoms with Gasteiger partial charge in [-0.2, -0.15) is 0 Å². The van der Waals surface area contributed by atoms with Gasteiger partial charge in [0.1, 0.15) is 6.61 Å². The average molecular weight is 787 g/mol. The van der Waals surface area contributed by atoms with E-state index < -0.39 is 0 Å². The third kappa shape index (κ3) is 33.8. The third-order valence-corrected chi connectivity index (χ3v) is 9.14. The summed E-state index contributed by atoms with van der Waals surface area (Å²) in [5.74, 6) is 1.54. The van der Waals surface area contributed by atoms with Crippen LogP contribution in [0.3, 0.4) is 0 Å². The number of unbranched alkanes of at least 4 members (excludes halogenated alkanes) is 14. The molecule has 12 heteroatoms. The summed E-state index contributed by atoms with van der Waals surface area (Å²) < 4.78 is 49.0. The highest BCUT2D eigenvalue weighted by atomic mass is 17.1. The number of benzene rings is 1. The second-order valence-corrected chi connectivity index (χ2v) is 14.0. The van der Waals surface area contributed by atoms with Gasteiger partial charge in [0.15, 0.2) is 11.5 Å². The Hall–Kier alpha value is -2.03. The van der Waals surface area contributed by atoms with Crippen molar-refractivity contribution in [1.82, 2.24) is 0 Å². The van der Waals surface area contributed by atoms with Crippen molar-refractivity contribution in [2.24, 2.45) is 0 Å². The van der Waals surface area contributed by atoms with Crippen LogP contribution >= 0.6 is 0 Å². The first-order chi connectivity index (χ1) is 27.1. The Bertz CT molecular complexity index is 966. The van der Waals surface area contributed by atoms with E-state index in [0.717, 1.165) is 75.7 Å². The van der Waals surface area contributed by atoms with E-state index in [1.165, 1.54) is 50.5 Å². The minimum atomic E-state index is -0.167. The molecule has 322 valence electrons. The molecule has 1 rings (SSSR count). The number of carbonyl (C=O) groups is 1. The number of esters is 1. The van der Waals surface area contributed by atoms with E-state index in [1.54, 1.807) is 14.2 Å². The van der Waals surface area contributed by atoms with Gasteiger partial charge in [-0.1, -0.05) is 89.5 Å². The molecule has 0 aliphatic heterocycles. The summed E-state index contributed by atoms with van der Waals surface area (Å²) in [6.07, 6.45) is 20.0. The van der Waals surface area contributed by atoms with Gasteiger partial charge in [-0.05, 0) is 50.3 Å². The lowest BCUT2D eigenvalue weighted by molar-refractivity contribution is -0.282. The number of hydrogen-bond acceptors (Lipinski definition) is 12. The Morgan fingerprint density at radius 1 is 0.509 bits per heavy atom. The minimum absolute atomic E-state index is 0.145. The fourth-order valence-corrected chi connectivity index (χ4v) is 5.86. The van der Waals surface area contributed by atoms with Crippen LogP contribution in [0.25, 0.3) is 0 Å². The second-order valence-electron chi connectivity index (χ2n) is 14.0. The van der Waals surface area contributed by atoms with Crippen molar-refractivity contribution in [3.05, 3.63) is 23.8 Å². The molecule has 1 unspecified atom stereocenters. The molecule has 0 fully saturated rings. The Morgan fingerprint density at radius 3 is 1.51 bits per heavy atom. The zero-order valence-electron chi connectivity index (χ0n) is 34.9. The number of carbonyl (C=O) groups excluding carboxylic acids is 1. The molecule has 0 aliphatic rings. The Morgan fingerprint density at radius 2 is 0.964 bits per heavy atom. The molecule has 0 aliphatic carbocycles. The van der Waals surface area contributed by atoms with Crippen molar-refractivity contribution in [3.63, 3.8) is 0 Å². The summed E-state index contributed by atoms with van der Waals surface area (Å²) in [5, 5.41) is 9.20. The molecule has 1 aromatic rings. The maximum atomic E-state index is 11.9. The van der Waals surface area contributed by atoms with Crippen LogP contribution in [0, 0.1) is 6.92 Å². The van der Waals surface area contributed by atoms with Crippen molar-refractivity contribution in [3.8, 4) is 11.5 Å². The second kappa shape index (κ2) is 40.2. The average Bonchev–Trinajstić information content (AvgIpc) is 3.19. The first kappa shape index (κ1) is 51.0. The van der Waals surface area contributed by atoms with Gasteiger partial charge >= 0.3 is 5.97 Å². The van der Waals surface area contributed by atoms with Gasteiger partial charge in [-0.25, -0.2) is 4.89 Å². The van der Waals surface area contributed by atoms with Crippen LogP contribution in [0.15, 0.2) is 18.2 Å². The largest absolute Gasteiger partial charge is 0.490 e. The van der Waals surface area contributed by atoms with Crippen LogP contribution in [0.5, 0.6) is 11.5 Å². The zero-order chi connectivity index (χ0) is 39.7. The maximum Gasteiger partial charge on any atom is 0.305 e. The molecule has 55 heavy (non-hydrogen) atoms. The van der Waals surface area contributed by atoms with Crippen LogP contribution in [-0.2, 0) is 42.8 Å². The maximum absolute atomic E-state index is 11.9. The lowest BCUT2D eigenvalue weighted by atomic mass is 10.0. The molecule has 0 radical (unpaired) electrons. The summed E-state index contributed by atoms with van der Waals surface area (Å²) in [4.78, 5) is 16.5. The van der Waals surface area contributed by atoms with E-state index >= 15 is 0 Å². The molecule has 1 atom stereocenters. The molecule has 0 saturated heterocycles. The summed E-state index contributed by atoms with van der Waals surface area (Å²) in [5.41, 5.74) is 1.17. The van der Waals surface area contributed by atoms with E-state index in [4.69, 9.17) is 42.6 Å². The Labute approximate surface area is 333 Å². The predicted molar refractivity (Wildman–Crippen MR) is 215 cm³/mol. The van der Waals surface area contributed by atoms with E-state index in [-0.39, 0.29) is 12.1 Å². The minimum Gasteiger partial charge on any atom is -0.490 e. The summed E-state index contributed by atoms with van der Waals surface area (Å²) in [6, 6.07) is 6.19. The van der Waals surface area contributed by atoms with Gasteiger partial charge in [0.05, 0.1) is 78.8 Å². The Balaban J connectivity index is 1.96. The summed E-state index contributed by atoms with van der Waals surface area (Å²) in [7, 11) is 3.29. The van der Waals surface area contributed by atoms with Crippen LogP contribution in [-0.4, -0.2) is 117 Å². The SMILES string of the molecule is COCCOCCOCCOC(=O)CCCCCCCCCCOc1ccc(C)cc1OCCCCCCCCCCC(CCOCCOCCOC)OO. The first-order valence-electron chi connectivity index (χ1n) is 21.2. The molecule has 0 spiro atoms. The van der Waals surface area contributed by atoms with Crippen LogP contribution < -0.4 is 9.47 Å². The fourth-order valence-electron chi connectivity index (χ4n) is 5.86. The lowest BCUT2D eigenvalue weighted by Crippen LogP contribution is -2.15. The predicted octanol–water partition coefficient (Wildman–Crippen LogP) is 8.93. The van der Waals surface area contributed by atoms with Crippen LogP contribution in [0.2, 0.25) is 0 Å². The van der Waals surface area contributed by atoms with Crippen molar-refractivity contribution in [2.75, 3.05) is 100 Å². The first-order valence-corrected chi connectivity index (χ1v) is 21.2. The zero-order valence-corrected chi connectivity index (χ0v) is 34.9. The van der Waals surface area contributed by atoms with Crippen molar-refractivity contribution < 1.29 is 57.6 Å². The van der Waals surface area contributed by atoms with Crippen LogP contribution in [0.4, 0.5) is 0 Å². The van der Waals surface area contributed by atoms with Gasteiger partial charge < -0.3 is 42.6 Å². The number of hydrogen-bond donors (Lipinski definition) is 1. The quantitative estimate of drug-likeness (QED) is 0.0294. The third-order valence-electron chi connectivity index (χ3n) is 9.14. The van der Waals surface area contributed by atoms with E-state index in [2.05, 4.69) is 23.9 Å². The van der Waals surface area contributed by atoms with E-state index in [0.29, 0.717) is 98.7 Å². The monoisotopic (exact) mass is 787 g/mol. The standard InChI is InChI=1S/C43H78O12/c1-39-22-23-41(52-25-18-14-10-7-5-9-13-17-21-43(44)54-37-36-51-35-34-50-31-29-47-3)42(38-39)53-26-19-15-11-6-4-8-12-16-20-40(55-45)24-27-48-32-33-49-30-28-46-2/h22-23,38,40,45H,4-21,24-37H2,1-3H3. The molecule has 12 nitrogen and oxygen atoms in total. The van der Waals surface area contributed by atoms with Crippen LogP contribution in [0.1, 0.15) is 128 Å². The molecular weight excluding hydrogens is 708 g/mol. The summed E-state index contributed by atoms with van der Waals surface area (Å²) in [6.45, 7) is 9.10. The smallest absolute Gasteiger partial charge is 0.305 e. The molecule has 0 amide bonds. The van der Waals surface area contributed by atoms with Gasteiger partial charge in [-0.3, -0.25) is 10.1 Å².